The second-order valence-corrected chi connectivity index (χ2v) is 5.39. The number of carboxylic acid groups (broad SMARTS) is 1. The zero-order chi connectivity index (χ0) is 10.3. The van der Waals surface area contributed by atoms with Gasteiger partial charge in [0.2, 0.25) is 0 Å². The fourth-order valence-corrected chi connectivity index (χ4v) is 3.78. The van der Waals surface area contributed by atoms with Crippen molar-refractivity contribution in [2.45, 2.75) is 31.1 Å². The number of hydrogen-bond acceptors (Lipinski definition) is 2. The van der Waals surface area contributed by atoms with Crippen LogP contribution in [0.5, 0.6) is 0 Å². The van der Waals surface area contributed by atoms with Gasteiger partial charge < -0.3 is 10.8 Å². The first-order valence-electron chi connectivity index (χ1n) is 5.13. The number of rotatable bonds is 3. The van der Waals surface area contributed by atoms with E-state index < -0.39 is 5.97 Å². The third kappa shape index (κ3) is 1.43. The van der Waals surface area contributed by atoms with Gasteiger partial charge in [0.25, 0.3) is 0 Å². The molecule has 0 saturated heterocycles. The lowest BCUT2D eigenvalue weighted by Crippen LogP contribution is -2.51. The standard InChI is InChI=1S/C10H16ClNO2/c11-7-1-6-3-10(5-12,4-9(13)14)8(6)2-7/h6-8H,1-5,12H2,(H,13,14)/t6-,7-,8-,10-/m0/s1. The lowest BCUT2D eigenvalue weighted by Gasteiger charge is -2.51. The molecule has 3 N–H and O–H groups in total. The summed E-state index contributed by atoms with van der Waals surface area (Å²) in [6.07, 6.45) is 3.18. The maximum atomic E-state index is 10.7. The van der Waals surface area contributed by atoms with E-state index in [1.165, 1.54) is 0 Å². The molecular weight excluding hydrogens is 202 g/mol. The van der Waals surface area contributed by atoms with Gasteiger partial charge in [0.15, 0.2) is 0 Å². The molecule has 0 unspecified atom stereocenters. The van der Waals surface area contributed by atoms with Crippen molar-refractivity contribution in [2.75, 3.05) is 6.54 Å². The highest BCUT2D eigenvalue weighted by molar-refractivity contribution is 6.20. The first-order valence-corrected chi connectivity index (χ1v) is 5.57. The summed E-state index contributed by atoms with van der Waals surface area (Å²) in [6, 6.07) is 0. The quantitative estimate of drug-likeness (QED) is 0.704. The van der Waals surface area contributed by atoms with E-state index in [4.69, 9.17) is 22.4 Å². The van der Waals surface area contributed by atoms with E-state index in [2.05, 4.69) is 0 Å². The van der Waals surface area contributed by atoms with Crippen LogP contribution in [-0.4, -0.2) is 23.0 Å². The van der Waals surface area contributed by atoms with Crippen LogP contribution in [0.1, 0.15) is 25.7 Å². The van der Waals surface area contributed by atoms with Gasteiger partial charge in [-0.05, 0) is 43.1 Å². The molecule has 2 rings (SSSR count). The molecular formula is C10H16ClNO2. The van der Waals surface area contributed by atoms with E-state index in [1.54, 1.807) is 0 Å². The van der Waals surface area contributed by atoms with Crippen molar-refractivity contribution in [3.05, 3.63) is 0 Å². The Kier molecular flexibility index (Phi) is 2.48. The normalized spacial score (nSPS) is 45.7. The number of carboxylic acids is 1. The summed E-state index contributed by atoms with van der Waals surface area (Å²) in [5, 5.41) is 9.09. The van der Waals surface area contributed by atoms with Crippen molar-refractivity contribution >= 4 is 17.6 Å². The molecule has 0 amide bonds. The summed E-state index contributed by atoms with van der Waals surface area (Å²) in [4.78, 5) is 10.7. The van der Waals surface area contributed by atoms with Crippen LogP contribution in [0.15, 0.2) is 0 Å². The highest BCUT2D eigenvalue weighted by atomic mass is 35.5. The Morgan fingerprint density at radius 3 is 2.79 bits per heavy atom. The van der Waals surface area contributed by atoms with Crippen molar-refractivity contribution in [2.24, 2.45) is 23.0 Å². The maximum Gasteiger partial charge on any atom is 0.303 e. The summed E-state index contributed by atoms with van der Waals surface area (Å²) in [5.41, 5.74) is 5.57. The number of fused-ring (bicyclic) bond motifs is 1. The Morgan fingerprint density at radius 2 is 2.29 bits per heavy atom. The largest absolute Gasteiger partial charge is 0.481 e. The molecule has 2 aliphatic rings. The molecule has 0 aromatic carbocycles. The molecule has 3 nitrogen and oxygen atoms in total. The molecule has 0 aromatic heterocycles. The van der Waals surface area contributed by atoms with Gasteiger partial charge >= 0.3 is 5.97 Å². The van der Waals surface area contributed by atoms with E-state index in [-0.39, 0.29) is 17.2 Å². The van der Waals surface area contributed by atoms with Crippen LogP contribution in [0.3, 0.4) is 0 Å². The van der Waals surface area contributed by atoms with Gasteiger partial charge in [0.1, 0.15) is 0 Å². The molecule has 0 radical (unpaired) electrons. The Morgan fingerprint density at radius 1 is 1.57 bits per heavy atom. The average molecular weight is 218 g/mol. The molecule has 80 valence electrons. The van der Waals surface area contributed by atoms with Crippen LogP contribution in [0.4, 0.5) is 0 Å². The molecule has 0 aliphatic heterocycles. The Bertz CT molecular complexity index is 259. The molecule has 0 aromatic rings. The number of hydrogen-bond donors (Lipinski definition) is 2. The van der Waals surface area contributed by atoms with Gasteiger partial charge in [-0.25, -0.2) is 0 Å². The van der Waals surface area contributed by atoms with E-state index in [1.807, 2.05) is 0 Å². The predicted molar refractivity (Wildman–Crippen MR) is 54.2 cm³/mol. The molecule has 4 heteroatoms. The Labute approximate surface area is 88.6 Å². The number of carbonyl (C=O) groups is 1. The number of alkyl halides is 1. The van der Waals surface area contributed by atoms with Crippen LogP contribution in [-0.2, 0) is 4.79 Å². The zero-order valence-electron chi connectivity index (χ0n) is 8.08. The monoisotopic (exact) mass is 217 g/mol. The lowest BCUT2D eigenvalue weighted by atomic mass is 9.53. The van der Waals surface area contributed by atoms with Gasteiger partial charge in [-0.1, -0.05) is 0 Å². The van der Waals surface area contributed by atoms with E-state index in [0.717, 1.165) is 19.3 Å². The van der Waals surface area contributed by atoms with Gasteiger partial charge in [-0.3, -0.25) is 4.79 Å². The van der Waals surface area contributed by atoms with Gasteiger partial charge in [-0.15, -0.1) is 11.6 Å². The molecule has 0 heterocycles. The summed E-state index contributed by atoms with van der Waals surface area (Å²) in [5.74, 6) is 0.374. The summed E-state index contributed by atoms with van der Waals surface area (Å²) in [7, 11) is 0. The minimum Gasteiger partial charge on any atom is -0.481 e. The van der Waals surface area contributed by atoms with Crippen LogP contribution in [0.25, 0.3) is 0 Å². The number of nitrogens with two attached hydrogens (primary N) is 1. The highest BCUT2D eigenvalue weighted by Crippen LogP contribution is 2.61. The number of halogens is 1. The molecule has 0 spiro atoms. The summed E-state index contributed by atoms with van der Waals surface area (Å²) < 4.78 is 0. The van der Waals surface area contributed by atoms with Crippen LogP contribution in [0, 0.1) is 17.3 Å². The van der Waals surface area contributed by atoms with Crippen molar-refractivity contribution in [3.63, 3.8) is 0 Å². The lowest BCUT2D eigenvalue weighted by molar-refractivity contribution is -0.145. The third-order valence-corrected chi connectivity index (χ3v) is 4.36. The van der Waals surface area contributed by atoms with Gasteiger partial charge in [0, 0.05) is 5.38 Å². The van der Waals surface area contributed by atoms with E-state index in [0.29, 0.717) is 18.4 Å². The topological polar surface area (TPSA) is 63.3 Å². The first kappa shape index (κ1) is 10.2. The fraction of sp³-hybridized carbons (Fsp3) is 0.900. The molecule has 14 heavy (non-hydrogen) atoms. The van der Waals surface area contributed by atoms with E-state index >= 15 is 0 Å². The molecule has 2 aliphatic carbocycles. The average Bonchev–Trinajstić information content (AvgIpc) is 2.39. The molecule has 4 atom stereocenters. The number of aliphatic carboxylic acids is 1. The van der Waals surface area contributed by atoms with Crippen molar-refractivity contribution in [1.82, 2.24) is 0 Å². The van der Waals surface area contributed by atoms with Crippen molar-refractivity contribution in [3.8, 4) is 0 Å². The van der Waals surface area contributed by atoms with Gasteiger partial charge in [-0.2, -0.15) is 0 Å². The molecule has 2 saturated carbocycles. The van der Waals surface area contributed by atoms with Crippen molar-refractivity contribution < 1.29 is 9.90 Å². The zero-order valence-corrected chi connectivity index (χ0v) is 8.83. The van der Waals surface area contributed by atoms with E-state index in [9.17, 15) is 4.79 Å². The maximum absolute atomic E-state index is 10.7. The highest BCUT2D eigenvalue weighted by Gasteiger charge is 2.57. The minimum absolute atomic E-state index is 0.139. The Balaban J connectivity index is 2.06. The molecule has 0 bridgehead atoms. The third-order valence-electron chi connectivity index (χ3n) is 4.00. The minimum atomic E-state index is -0.730. The van der Waals surface area contributed by atoms with Crippen LogP contribution >= 0.6 is 11.6 Å². The summed E-state index contributed by atoms with van der Waals surface area (Å²) >= 11 is 6.07. The van der Waals surface area contributed by atoms with Gasteiger partial charge in [0.05, 0.1) is 6.42 Å². The fourth-order valence-electron chi connectivity index (χ4n) is 3.36. The smallest absolute Gasteiger partial charge is 0.303 e. The van der Waals surface area contributed by atoms with Crippen molar-refractivity contribution in [1.29, 1.82) is 0 Å². The van der Waals surface area contributed by atoms with Crippen LogP contribution < -0.4 is 5.73 Å². The second-order valence-electron chi connectivity index (χ2n) is 4.78. The summed E-state index contributed by atoms with van der Waals surface area (Å²) in [6.45, 7) is 0.490. The Hall–Kier alpha value is -0.280. The predicted octanol–water partition coefficient (Wildman–Crippen LogP) is 1.44. The first-order chi connectivity index (χ1) is 6.57. The van der Waals surface area contributed by atoms with Crippen LogP contribution in [0.2, 0.25) is 0 Å². The molecule has 2 fully saturated rings. The SMILES string of the molecule is NC[C@@]1(CC(=O)O)C[C@@H]2C[C@H](Cl)C[C@@H]21. The second kappa shape index (κ2) is 3.38.